The lowest BCUT2D eigenvalue weighted by atomic mass is 9.72. The Kier molecular flexibility index (Phi) is 7.44. The standard InChI is InChI=1S/C24H25ClF3N3O3S/c1-22(2,3)14-8-9-16-17(12-29)20(35-18(16)11-14)31-23(21(33)34-4,24(26,27)28)30-19(32)13-6-5-7-15(25)10-13/h5-7,10,14,31H,8-9,11H2,1-4H3,(H,30,32)/t14-,23-/m1/s1. The number of hydrogen-bond acceptors (Lipinski definition) is 6. The van der Waals surface area contributed by atoms with Gasteiger partial charge in [0.2, 0.25) is 0 Å². The molecule has 0 aliphatic heterocycles. The number of ether oxygens (including phenoxy) is 1. The monoisotopic (exact) mass is 527 g/mol. The summed E-state index contributed by atoms with van der Waals surface area (Å²) in [5, 5.41) is 13.7. The summed E-state index contributed by atoms with van der Waals surface area (Å²) in [7, 11) is 0.786. The second kappa shape index (κ2) is 9.70. The third kappa shape index (κ3) is 5.26. The number of halogens is 4. The van der Waals surface area contributed by atoms with Gasteiger partial charge in [0.1, 0.15) is 11.1 Å². The normalized spacial score (nSPS) is 17.5. The van der Waals surface area contributed by atoms with E-state index in [0.29, 0.717) is 18.4 Å². The number of nitriles is 1. The fourth-order valence-corrected chi connectivity index (χ4v) is 5.64. The summed E-state index contributed by atoms with van der Waals surface area (Å²) in [6.07, 6.45) is -3.40. The van der Waals surface area contributed by atoms with Crippen molar-refractivity contribution in [3.05, 3.63) is 50.9 Å². The molecule has 3 rings (SSSR count). The number of methoxy groups -OCH3 is 1. The first-order chi connectivity index (χ1) is 16.2. The Morgan fingerprint density at radius 3 is 2.49 bits per heavy atom. The number of fused-ring (bicyclic) bond motifs is 1. The van der Waals surface area contributed by atoms with Gasteiger partial charge in [-0.25, -0.2) is 4.79 Å². The molecular weight excluding hydrogens is 503 g/mol. The van der Waals surface area contributed by atoms with Crippen LogP contribution in [0.4, 0.5) is 18.2 Å². The number of rotatable bonds is 5. The first-order valence-electron chi connectivity index (χ1n) is 10.8. The molecule has 2 aromatic rings. The van der Waals surface area contributed by atoms with Crippen LogP contribution in [0.15, 0.2) is 24.3 Å². The summed E-state index contributed by atoms with van der Waals surface area (Å²) < 4.78 is 48.0. The highest BCUT2D eigenvalue weighted by Gasteiger charge is 2.64. The highest BCUT2D eigenvalue weighted by atomic mass is 35.5. The van der Waals surface area contributed by atoms with E-state index >= 15 is 0 Å². The van der Waals surface area contributed by atoms with Crippen LogP contribution in [0.3, 0.4) is 0 Å². The van der Waals surface area contributed by atoms with Gasteiger partial charge in [0, 0.05) is 15.5 Å². The maximum Gasteiger partial charge on any atom is 0.441 e. The topological polar surface area (TPSA) is 91.2 Å². The van der Waals surface area contributed by atoms with E-state index in [9.17, 15) is 28.0 Å². The molecule has 2 atom stereocenters. The minimum absolute atomic E-state index is 0.0191. The average Bonchev–Trinajstić information content (AvgIpc) is 3.12. The van der Waals surface area contributed by atoms with Gasteiger partial charge in [-0.15, -0.1) is 11.3 Å². The van der Waals surface area contributed by atoms with Crippen molar-refractivity contribution in [2.45, 2.75) is 51.9 Å². The van der Waals surface area contributed by atoms with Crippen LogP contribution in [0.1, 0.15) is 53.6 Å². The summed E-state index contributed by atoms with van der Waals surface area (Å²) in [5.74, 6) is -2.69. The lowest BCUT2D eigenvalue weighted by Crippen LogP contribution is -2.69. The van der Waals surface area contributed by atoms with Crippen molar-refractivity contribution in [1.82, 2.24) is 5.32 Å². The zero-order valence-electron chi connectivity index (χ0n) is 19.6. The van der Waals surface area contributed by atoms with E-state index in [2.05, 4.69) is 30.8 Å². The fourth-order valence-electron chi connectivity index (χ4n) is 4.12. The molecule has 1 heterocycles. The van der Waals surface area contributed by atoms with Gasteiger partial charge in [-0.05, 0) is 54.4 Å². The zero-order valence-corrected chi connectivity index (χ0v) is 21.2. The third-order valence-electron chi connectivity index (χ3n) is 6.21. The zero-order chi connectivity index (χ0) is 26.2. The molecule has 1 amide bonds. The lowest BCUT2D eigenvalue weighted by molar-refractivity contribution is -0.203. The van der Waals surface area contributed by atoms with E-state index in [-0.39, 0.29) is 32.5 Å². The molecule has 1 aromatic heterocycles. The number of esters is 1. The Hall–Kier alpha value is -2.77. The van der Waals surface area contributed by atoms with Gasteiger partial charge in [-0.2, -0.15) is 18.4 Å². The summed E-state index contributed by atoms with van der Waals surface area (Å²) in [5.41, 5.74) is -3.14. The largest absolute Gasteiger partial charge is 0.466 e. The predicted molar refractivity (Wildman–Crippen MR) is 127 cm³/mol. The van der Waals surface area contributed by atoms with E-state index in [1.165, 1.54) is 24.3 Å². The van der Waals surface area contributed by atoms with E-state index in [1.54, 1.807) is 5.32 Å². The molecule has 0 fully saturated rings. The van der Waals surface area contributed by atoms with Crippen LogP contribution in [-0.2, 0) is 22.4 Å². The number of amides is 1. The molecule has 11 heteroatoms. The highest BCUT2D eigenvalue weighted by molar-refractivity contribution is 7.16. The second-order valence-corrected chi connectivity index (χ2v) is 11.0. The van der Waals surface area contributed by atoms with Crippen molar-refractivity contribution in [3.63, 3.8) is 0 Å². The molecule has 0 unspecified atom stereocenters. The summed E-state index contributed by atoms with van der Waals surface area (Å²) in [4.78, 5) is 26.2. The van der Waals surface area contributed by atoms with Crippen molar-refractivity contribution in [3.8, 4) is 6.07 Å². The number of benzene rings is 1. The molecule has 6 nitrogen and oxygen atoms in total. The van der Waals surface area contributed by atoms with E-state index < -0.39 is 23.7 Å². The van der Waals surface area contributed by atoms with Gasteiger partial charge in [-0.3, -0.25) is 4.79 Å². The molecule has 0 bridgehead atoms. The smallest absolute Gasteiger partial charge is 0.441 e. The van der Waals surface area contributed by atoms with Gasteiger partial charge >= 0.3 is 17.8 Å². The van der Waals surface area contributed by atoms with Gasteiger partial charge in [0.15, 0.2) is 0 Å². The molecule has 0 saturated heterocycles. The Morgan fingerprint density at radius 1 is 1.26 bits per heavy atom. The SMILES string of the molecule is COC(=O)[C@@](NC(=O)c1cccc(Cl)c1)(Nc1sc2c(c1C#N)CC[C@@H](C(C)(C)C)C2)C(F)(F)F. The molecule has 0 spiro atoms. The first-order valence-corrected chi connectivity index (χ1v) is 12.0. The minimum atomic E-state index is -5.32. The maximum atomic E-state index is 14.5. The van der Waals surface area contributed by atoms with Crippen molar-refractivity contribution in [2.75, 3.05) is 12.4 Å². The van der Waals surface area contributed by atoms with Crippen molar-refractivity contribution in [1.29, 1.82) is 5.26 Å². The molecular formula is C24H25ClF3N3O3S. The average molecular weight is 528 g/mol. The highest BCUT2D eigenvalue weighted by Crippen LogP contribution is 2.45. The number of carbonyl (C=O) groups is 2. The van der Waals surface area contributed by atoms with E-state index in [1.807, 2.05) is 6.07 Å². The minimum Gasteiger partial charge on any atom is -0.466 e. The van der Waals surface area contributed by atoms with Crippen LogP contribution in [0.5, 0.6) is 0 Å². The van der Waals surface area contributed by atoms with Crippen molar-refractivity contribution in [2.24, 2.45) is 11.3 Å². The molecule has 0 saturated carbocycles. The summed E-state index contributed by atoms with van der Waals surface area (Å²) in [6.45, 7) is 6.29. The van der Waals surface area contributed by atoms with Crippen molar-refractivity contribution >= 4 is 39.8 Å². The van der Waals surface area contributed by atoms with Gasteiger partial charge in [0.25, 0.3) is 5.91 Å². The lowest BCUT2D eigenvalue weighted by Gasteiger charge is -2.34. The van der Waals surface area contributed by atoms with Gasteiger partial charge < -0.3 is 15.4 Å². The van der Waals surface area contributed by atoms with Crippen LogP contribution in [0.2, 0.25) is 5.02 Å². The van der Waals surface area contributed by atoms with Crippen LogP contribution in [-0.4, -0.2) is 30.8 Å². The summed E-state index contributed by atoms with van der Waals surface area (Å²) in [6, 6.07) is 7.26. The van der Waals surface area contributed by atoms with Crippen molar-refractivity contribution < 1.29 is 27.5 Å². The maximum absolute atomic E-state index is 14.5. The molecule has 1 aliphatic rings. The van der Waals surface area contributed by atoms with Gasteiger partial charge in [-0.1, -0.05) is 38.4 Å². The first kappa shape index (κ1) is 26.8. The number of nitrogens with one attached hydrogen (secondary N) is 2. The summed E-state index contributed by atoms with van der Waals surface area (Å²) >= 11 is 6.86. The second-order valence-electron chi connectivity index (χ2n) is 9.45. The predicted octanol–water partition coefficient (Wildman–Crippen LogP) is 5.70. The Balaban J connectivity index is 2.08. The Morgan fingerprint density at radius 2 is 1.94 bits per heavy atom. The molecule has 35 heavy (non-hydrogen) atoms. The number of alkyl halides is 3. The molecule has 2 N–H and O–H groups in total. The Bertz CT molecular complexity index is 1180. The van der Waals surface area contributed by atoms with Crippen LogP contribution in [0, 0.1) is 22.7 Å². The molecule has 0 radical (unpaired) electrons. The van der Waals surface area contributed by atoms with Gasteiger partial charge in [0.05, 0.1) is 12.7 Å². The van der Waals surface area contributed by atoms with Crippen LogP contribution < -0.4 is 10.6 Å². The van der Waals surface area contributed by atoms with E-state index in [0.717, 1.165) is 29.7 Å². The van der Waals surface area contributed by atoms with E-state index in [4.69, 9.17) is 11.6 Å². The number of nitrogens with zero attached hydrogens (tertiary/aromatic N) is 1. The quantitative estimate of drug-likeness (QED) is 0.384. The Labute approximate surface area is 210 Å². The number of thiophene rings is 1. The number of hydrogen-bond donors (Lipinski definition) is 2. The third-order valence-corrected chi connectivity index (χ3v) is 7.61. The van der Waals surface area contributed by atoms with Crippen LogP contribution >= 0.6 is 22.9 Å². The molecule has 188 valence electrons. The van der Waals surface area contributed by atoms with Crippen LogP contribution in [0.25, 0.3) is 0 Å². The fraction of sp³-hybridized carbons (Fsp3) is 0.458. The molecule has 1 aliphatic carbocycles. The number of anilines is 1. The molecule has 1 aromatic carbocycles. The number of carbonyl (C=O) groups excluding carboxylic acids is 2.